The van der Waals surface area contributed by atoms with E-state index in [9.17, 15) is 18.0 Å². The van der Waals surface area contributed by atoms with Crippen molar-refractivity contribution in [2.45, 2.75) is 13.5 Å². The summed E-state index contributed by atoms with van der Waals surface area (Å²) in [6.45, 7) is 1.78. The first kappa shape index (κ1) is 21.1. The largest absolute Gasteiger partial charge is 0.497 e. The van der Waals surface area contributed by atoms with Crippen molar-refractivity contribution in [1.29, 1.82) is 0 Å². The summed E-state index contributed by atoms with van der Waals surface area (Å²) in [6, 6.07) is 7.12. The van der Waals surface area contributed by atoms with Crippen molar-refractivity contribution in [3.05, 3.63) is 81.0 Å². The van der Waals surface area contributed by atoms with Crippen molar-refractivity contribution < 1.29 is 17.9 Å². The van der Waals surface area contributed by atoms with E-state index in [4.69, 9.17) is 4.74 Å². The molecule has 0 aliphatic heterocycles. The number of methoxy groups -OCH3 is 1. The number of ether oxygens (including phenoxy) is 1. The predicted molar refractivity (Wildman–Crippen MR) is 108 cm³/mol. The average molecular weight is 416 g/mol. The van der Waals surface area contributed by atoms with Gasteiger partial charge in [0.05, 0.1) is 19.2 Å². The molecule has 0 atom stereocenters. The van der Waals surface area contributed by atoms with Gasteiger partial charge in [-0.1, -0.05) is 6.07 Å². The number of aliphatic imine (C=N–C) groups is 1. The Kier molecular flexibility index (Phi) is 6.20. The van der Waals surface area contributed by atoms with Crippen molar-refractivity contribution in [2.24, 2.45) is 4.99 Å². The molecule has 2 aromatic carbocycles. The zero-order chi connectivity index (χ0) is 21.8. The summed E-state index contributed by atoms with van der Waals surface area (Å²) in [5.74, 6) is -3.41. The van der Waals surface area contributed by atoms with Crippen LogP contribution in [-0.2, 0) is 6.54 Å². The standard InChI is InChI=1S/C21H19F3N4O2/c1-12-4-5-15(30-3)8-18(12)26-21-27-20(29)14(9-25-2)11-28(21)10-13-6-16(22)19(24)17(23)7-13/h4-9,11H,10H2,1-3H3,(H,26,27,29). The van der Waals surface area contributed by atoms with E-state index in [1.807, 2.05) is 13.0 Å². The molecular formula is C21H19F3N4O2. The molecular weight excluding hydrogens is 397 g/mol. The number of nitrogens with zero attached hydrogens (tertiary/aromatic N) is 3. The summed E-state index contributed by atoms with van der Waals surface area (Å²) in [6.07, 6.45) is 2.79. The van der Waals surface area contributed by atoms with Crippen LogP contribution in [0.1, 0.15) is 16.7 Å². The molecule has 0 saturated carbocycles. The summed E-state index contributed by atoms with van der Waals surface area (Å²) >= 11 is 0. The number of hydrogen-bond donors (Lipinski definition) is 1. The van der Waals surface area contributed by atoms with Crippen molar-refractivity contribution in [3.8, 4) is 5.75 Å². The van der Waals surface area contributed by atoms with Gasteiger partial charge in [0.25, 0.3) is 5.56 Å². The quantitative estimate of drug-likeness (QED) is 0.490. The third-order valence-electron chi connectivity index (χ3n) is 4.38. The van der Waals surface area contributed by atoms with E-state index in [-0.39, 0.29) is 23.6 Å². The SMILES string of the molecule is CN=Cc1cn(Cc2cc(F)c(F)c(F)c2)c(Nc2cc(OC)ccc2C)nc1=O. The maximum atomic E-state index is 13.7. The number of halogens is 3. The van der Waals surface area contributed by atoms with Gasteiger partial charge >= 0.3 is 0 Å². The predicted octanol–water partition coefficient (Wildman–Crippen LogP) is 3.82. The van der Waals surface area contributed by atoms with Gasteiger partial charge in [0.1, 0.15) is 5.75 Å². The van der Waals surface area contributed by atoms with Gasteiger partial charge in [-0.15, -0.1) is 0 Å². The second-order valence-electron chi connectivity index (χ2n) is 6.52. The molecule has 0 saturated heterocycles. The van der Waals surface area contributed by atoms with Crippen molar-refractivity contribution >= 4 is 17.9 Å². The van der Waals surface area contributed by atoms with Crippen LogP contribution in [0.15, 0.2) is 46.3 Å². The van der Waals surface area contributed by atoms with Crippen molar-refractivity contribution in [1.82, 2.24) is 9.55 Å². The molecule has 0 spiro atoms. The molecule has 3 rings (SSSR count). The van der Waals surface area contributed by atoms with Gasteiger partial charge in [-0.25, -0.2) is 13.2 Å². The number of aromatic nitrogens is 2. The van der Waals surface area contributed by atoms with Crippen LogP contribution in [0.3, 0.4) is 0 Å². The Balaban J connectivity index is 2.09. The van der Waals surface area contributed by atoms with Crippen LogP contribution < -0.4 is 15.6 Å². The lowest BCUT2D eigenvalue weighted by molar-refractivity contribution is 0.415. The molecule has 0 amide bonds. The van der Waals surface area contributed by atoms with Gasteiger partial charge in [-0.2, -0.15) is 4.98 Å². The van der Waals surface area contributed by atoms with Gasteiger partial charge in [-0.3, -0.25) is 9.79 Å². The van der Waals surface area contributed by atoms with Crippen LogP contribution in [0, 0.1) is 24.4 Å². The van der Waals surface area contributed by atoms with Crippen LogP contribution in [0.25, 0.3) is 0 Å². The fourth-order valence-electron chi connectivity index (χ4n) is 2.84. The number of anilines is 2. The molecule has 1 N–H and O–H groups in total. The maximum absolute atomic E-state index is 13.7. The Morgan fingerprint density at radius 1 is 1.20 bits per heavy atom. The minimum atomic E-state index is -1.54. The zero-order valence-electron chi connectivity index (χ0n) is 16.5. The van der Waals surface area contributed by atoms with Crippen molar-refractivity contribution in [3.63, 3.8) is 0 Å². The monoisotopic (exact) mass is 416 g/mol. The second kappa shape index (κ2) is 8.81. The van der Waals surface area contributed by atoms with Crippen molar-refractivity contribution in [2.75, 3.05) is 19.5 Å². The van der Waals surface area contributed by atoms with E-state index in [0.29, 0.717) is 11.4 Å². The molecule has 0 fully saturated rings. The Morgan fingerprint density at radius 3 is 2.53 bits per heavy atom. The van der Waals surface area contributed by atoms with E-state index in [1.54, 1.807) is 12.1 Å². The normalized spacial score (nSPS) is 11.1. The molecule has 0 radical (unpaired) electrons. The molecule has 30 heavy (non-hydrogen) atoms. The summed E-state index contributed by atoms with van der Waals surface area (Å²) in [5.41, 5.74) is 1.30. The molecule has 156 valence electrons. The molecule has 3 aromatic rings. The Labute approximate surface area is 170 Å². The number of benzene rings is 2. The highest BCUT2D eigenvalue weighted by Gasteiger charge is 2.14. The van der Waals surface area contributed by atoms with Crippen LogP contribution in [0.4, 0.5) is 24.8 Å². The van der Waals surface area contributed by atoms with Crippen LogP contribution in [0.5, 0.6) is 5.75 Å². The number of nitrogens with one attached hydrogen (secondary N) is 1. The zero-order valence-corrected chi connectivity index (χ0v) is 16.5. The average Bonchev–Trinajstić information content (AvgIpc) is 2.71. The lowest BCUT2D eigenvalue weighted by atomic mass is 10.2. The molecule has 0 bridgehead atoms. The van der Waals surface area contributed by atoms with Gasteiger partial charge in [0.15, 0.2) is 17.5 Å². The van der Waals surface area contributed by atoms with Gasteiger partial charge in [0.2, 0.25) is 5.95 Å². The molecule has 0 aliphatic carbocycles. The minimum absolute atomic E-state index is 0.0721. The van der Waals surface area contributed by atoms with E-state index in [1.165, 1.54) is 31.1 Å². The molecule has 0 unspecified atom stereocenters. The Morgan fingerprint density at radius 2 is 1.90 bits per heavy atom. The second-order valence-corrected chi connectivity index (χ2v) is 6.52. The summed E-state index contributed by atoms with van der Waals surface area (Å²) in [4.78, 5) is 20.2. The summed E-state index contributed by atoms with van der Waals surface area (Å²) < 4.78 is 47.3. The molecule has 1 aromatic heterocycles. The lowest BCUT2D eigenvalue weighted by Crippen LogP contribution is -2.21. The highest BCUT2D eigenvalue weighted by molar-refractivity contribution is 5.78. The Bertz CT molecular complexity index is 1150. The van der Waals surface area contributed by atoms with Crippen LogP contribution in [-0.4, -0.2) is 29.9 Å². The van der Waals surface area contributed by atoms with Crippen LogP contribution >= 0.6 is 0 Å². The molecule has 0 aliphatic rings. The highest BCUT2D eigenvalue weighted by atomic mass is 19.2. The topological polar surface area (TPSA) is 68.5 Å². The summed E-state index contributed by atoms with van der Waals surface area (Å²) in [5, 5.41) is 3.05. The molecule has 9 heteroatoms. The molecule has 1 heterocycles. The van der Waals surface area contributed by atoms with Gasteiger partial charge in [-0.05, 0) is 36.2 Å². The van der Waals surface area contributed by atoms with E-state index in [0.717, 1.165) is 17.7 Å². The van der Waals surface area contributed by atoms with E-state index in [2.05, 4.69) is 15.3 Å². The maximum Gasteiger partial charge on any atom is 0.283 e. The minimum Gasteiger partial charge on any atom is -0.497 e. The number of hydrogen-bond acceptors (Lipinski definition) is 5. The first-order valence-corrected chi connectivity index (χ1v) is 8.91. The highest BCUT2D eigenvalue weighted by Crippen LogP contribution is 2.25. The Hall–Kier alpha value is -3.62. The van der Waals surface area contributed by atoms with Gasteiger partial charge in [0, 0.05) is 31.2 Å². The number of aryl methyl sites for hydroxylation is 1. The fraction of sp³-hybridized carbons (Fsp3) is 0.190. The first-order valence-electron chi connectivity index (χ1n) is 8.91. The summed E-state index contributed by atoms with van der Waals surface area (Å²) in [7, 11) is 3.03. The lowest BCUT2D eigenvalue weighted by Gasteiger charge is -2.17. The fourth-order valence-corrected chi connectivity index (χ4v) is 2.84. The first-order chi connectivity index (χ1) is 14.3. The molecule has 6 nitrogen and oxygen atoms in total. The third-order valence-corrected chi connectivity index (χ3v) is 4.38. The third kappa shape index (κ3) is 4.51. The van der Waals surface area contributed by atoms with E-state index < -0.39 is 23.0 Å². The van der Waals surface area contributed by atoms with E-state index >= 15 is 0 Å². The smallest absolute Gasteiger partial charge is 0.283 e. The number of rotatable bonds is 6. The van der Waals surface area contributed by atoms with Gasteiger partial charge < -0.3 is 14.6 Å². The van der Waals surface area contributed by atoms with Crippen LogP contribution in [0.2, 0.25) is 0 Å².